The Morgan fingerprint density at radius 2 is 0.794 bits per heavy atom. The molecule has 0 aromatic carbocycles. The summed E-state index contributed by atoms with van der Waals surface area (Å²) in [7, 11) is -4.54. The van der Waals surface area contributed by atoms with Crippen LogP contribution in [0.2, 0.25) is 0 Å². The molecule has 9 nitrogen and oxygen atoms in total. The Kier molecular flexibility index (Phi) is 50.8. The van der Waals surface area contributed by atoms with Gasteiger partial charge in [-0.1, -0.05) is 206 Å². The van der Waals surface area contributed by atoms with Crippen molar-refractivity contribution >= 4 is 13.8 Å². The van der Waals surface area contributed by atoms with Crippen molar-refractivity contribution in [2.75, 3.05) is 33.0 Å². The zero-order valence-electron chi connectivity index (χ0n) is 42.8. The lowest BCUT2D eigenvalue weighted by molar-refractivity contribution is -0.154. The normalized spacial score (nSPS) is 14.7. The van der Waals surface area contributed by atoms with Gasteiger partial charge < -0.3 is 24.6 Å². The number of rotatable bonds is 49. The van der Waals surface area contributed by atoms with E-state index in [0.717, 1.165) is 109 Å². The second kappa shape index (κ2) is 53.2. The van der Waals surface area contributed by atoms with Crippen LogP contribution in [0.3, 0.4) is 0 Å². The Hall–Kier alpha value is -3.14. The molecule has 0 amide bonds. The van der Waals surface area contributed by atoms with Gasteiger partial charge in [0.1, 0.15) is 12.2 Å². The molecule has 3 unspecified atom stereocenters. The maximum atomic E-state index is 12.7. The van der Waals surface area contributed by atoms with Gasteiger partial charge in [-0.25, -0.2) is 4.57 Å². The fourth-order valence-corrected chi connectivity index (χ4v) is 7.49. The number of phosphoric ester groups is 1. The van der Waals surface area contributed by atoms with E-state index in [0.29, 0.717) is 13.0 Å². The molecule has 388 valence electrons. The molecule has 0 aliphatic rings. The summed E-state index contributed by atoms with van der Waals surface area (Å²) in [5.41, 5.74) is 0. The number of allylic oxidation sites excluding steroid dienone is 20. The molecular weight excluding hydrogens is 872 g/mol. The van der Waals surface area contributed by atoms with E-state index in [1.54, 1.807) is 0 Å². The molecule has 0 saturated heterocycles. The summed E-state index contributed by atoms with van der Waals surface area (Å²) in [5, 5.41) is 18.4. The molecule has 0 bridgehead atoms. The van der Waals surface area contributed by atoms with Gasteiger partial charge in [-0.2, -0.15) is 0 Å². The summed E-state index contributed by atoms with van der Waals surface area (Å²) in [6, 6.07) is 0. The topological polar surface area (TPSA) is 132 Å². The van der Waals surface area contributed by atoms with Crippen molar-refractivity contribution in [3.05, 3.63) is 122 Å². The van der Waals surface area contributed by atoms with Crippen molar-refractivity contribution in [2.24, 2.45) is 0 Å². The molecule has 0 aliphatic heterocycles. The second-order valence-corrected chi connectivity index (χ2v) is 18.6. The fraction of sp³-hybridized carbons (Fsp3) is 0.638. The number of phosphoric acid groups is 1. The van der Waals surface area contributed by atoms with Crippen molar-refractivity contribution in [2.45, 2.75) is 206 Å². The van der Waals surface area contributed by atoms with E-state index in [2.05, 4.69) is 135 Å². The molecule has 0 fully saturated rings. The number of ether oxygens (including phenoxy) is 2. The number of hydrogen-bond donors (Lipinski definition) is 3. The van der Waals surface area contributed by atoms with Crippen LogP contribution in [0.4, 0.5) is 0 Å². The first kappa shape index (κ1) is 64.9. The number of aliphatic hydroxyl groups is 2. The number of carbonyl (C=O) groups excluding carboxylic acids is 1. The minimum atomic E-state index is -4.54. The van der Waals surface area contributed by atoms with Crippen LogP contribution in [-0.2, 0) is 27.9 Å². The van der Waals surface area contributed by atoms with E-state index in [1.165, 1.54) is 57.8 Å². The van der Waals surface area contributed by atoms with Gasteiger partial charge in [-0.3, -0.25) is 13.8 Å². The molecular formula is C58H97O9P. The number of esters is 1. The average Bonchev–Trinajstić information content (AvgIpc) is 3.33. The lowest BCUT2D eigenvalue weighted by Crippen LogP contribution is -2.29. The van der Waals surface area contributed by atoms with Gasteiger partial charge in [-0.15, -0.1) is 0 Å². The number of aliphatic hydroxyl groups excluding tert-OH is 2. The summed E-state index contributed by atoms with van der Waals surface area (Å²) in [6.07, 6.45) is 71.6. The minimum Gasteiger partial charge on any atom is -0.457 e. The third-order valence-corrected chi connectivity index (χ3v) is 11.6. The van der Waals surface area contributed by atoms with Crippen molar-refractivity contribution in [3.63, 3.8) is 0 Å². The number of carbonyl (C=O) groups is 1. The van der Waals surface area contributed by atoms with Gasteiger partial charge in [0.15, 0.2) is 0 Å². The highest BCUT2D eigenvalue weighted by Gasteiger charge is 2.26. The molecule has 68 heavy (non-hydrogen) atoms. The summed E-state index contributed by atoms with van der Waals surface area (Å²) < 4.78 is 33.5. The standard InChI is InChI=1S/C58H97O9P/c1-3-5-7-9-11-13-15-17-19-21-23-25-27-29-31-33-35-37-39-41-43-45-47-49-51-64-54-57(55-66-68(62,63)65-53-56(60)52-59)67-58(61)50-48-46-44-42-40-38-36-34-32-30-28-26-24-22-20-18-16-14-12-10-8-6-4-2/h5-8,11-14,17-20,23-26,30,32,36,38,56-57,59-60H,3-4,9-10,15-16,21-22,27-29,31,33-35,37,39-55H2,1-2H3,(H,62,63)/b7-5-,8-6-,13-11-,14-12-,19-17-,20-18-,25-23-,26-24-,32-30-,38-36-. The molecule has 10 heteroatoms. The van der Waals surface area contributed by atoms with E-state index in [4.69, 9.17) is 23.6 Å². The Morgan fingerprint density at radius 3 is 1.19 bits per heavy atom. The molecule has 0 rings (SSSR count). The molecule has 0 aromatic rings. The minimum absolute atomic E-state index is 0.0282. The van der Waals surface area contributed by atoms with Crippen LogP contribution in [0.15, 0.2) is 122 Å². The molecule has 0 aromatic heterocycles. The first-order valence-electron chi connectivity index (χ1n) is 26.5. The fourth-order valence-electron chi connectivity index (χ4n) is 6.70. The van der Waals surface area contributed by atoms with Crippen molar-refractivity contribution in [3.8, 4) is 0 Å². The van der Waals surface area contributed by atoms with E-state index in [-0.39, 0.29) is 13.0 Å². The maximum Gasteiger partial charge on any atom is 0.472 e. The van der Waals surface area contributed by atoms with Crippen LogP contribution in [0, 0.1) is 0 Å². The lowest BCUT2D eigenvalue weighted by atomic mass is 10.1. The van der Waals surface area contributed by atoms with Crippen LogP contribution in [0.25, 0.3) is 0 Å². The summed E-state index contributed by atoms with van der Waals surface area (Å²) in [6.45, 7) is 3.24. The van der Waals surface area contributed by atoms with E-state index in [1.807, 2.05) is 0 Å². The zero-order valence-corrected chi connectivity index (χ0v) is 43.7. The molecule has 3 N–H and O–H groups in total. The van der Waals surface area contributed by atoms with Crippen molar-refractivity contribution < 1.29 is 43.0 Å². The third kappa shape index (κ3) is 52.2. The van der Waals surface area contributed by atoms with Gasteiger partial charge in [0, 0.05) is 13.0 Å². The van der Waals surface area contributed by atoms with Crippen LogP contribution in [0.5, 0.6) is 0 Å². The Bertz CT molecular complexity index is 1470. The number of unbranched alkanes of at least 4 members (excludes halogenated alkanes) is 15. The monoisotopic (exact) mass is 969 g/mol. The molecule has 0 radical (unpaired) electrons. The molecule has 0 saturated carbocycles. The average molecular weight is 969 g/mol. The Balaban J connectivity index is 4.15. The van der Waals surface area contributed by atoms with Gasteiger partial charge in [-0.05, 0) is 103 Å². The highest BCUT2D eigenvalue weighted by molar-refractivity contribution is 7.47. The summed E-state index contributed by atoms with van der Waals surface area (Å²) in [5.74, 6) is -0.412. The summed E-state index contributed by atoms with van der Waals surface area (Å²) in [4.78, 5) is 22.7. The molecule has 0 heterocycles. The van der Waals surface area contributed by atoms with Crippen LogP contribution in [-0.4, -0.2) is 66.3 Å². The highest BCUT2D eigenvalue weighted by atomic mass is 31.2. The third-order valence-electron chi connectivity index (χ3n) is 10.6. The molecule has 0 spiro atoms. The SMILES string of the molecule is CC/C=C\C/C=C\C/C=C\C/C=C\C/C=C\C/C=C\CCCCCCC(=O)OC(COCCCCCCCCCCCCC/C=C\C/C=C\C/C=C\C/C=C\CC)COP(=O)(O)OCC(O)CO. The zero-order chi connectivity index (χ0) is 49.5. The first-order valence-corrected chi connectivity index (χ1v) is 28.0. The quantitative estimate of drug-likeness (QED) is 0.0236. The van der Waals surface area contributed by atoms with Gasteiger partial charge >= 0.3 is 13.8 Å². The summed E-state index contributed by atoms with van der Waals surface area (Å²) >= 11 is 0. The van der Waals surface area contributed by atoms with Gasteiger partial charge in [0.05, 0.1) is 26.4 Å². The predicted octanol–water partition coefficient (Wildman–Crippen LogP) is 15.9. The molecule has 3 atom stereocenters. The Morgan fingerprint density at radius 1 is 0.456 bits per heavy atom. The highest BCUT2D eigenvalue weighted by Crippen LogP contribution is 2.43. The smallest absolute Gasteiger partial charge is 0.457 e. The van der Waals surface area contributed by atoms with Crippen molar-refractivity contribution in [1.29, 1.82) is 0 Å². The maximum absolute atomic E-state index is 12.7. The van der Waals surface area contributed by atoms with Crippen LogP contribution in [0.1, 0.15) is 194 Å². The van der Waals surface area contributed by atoms with Gasteiger partial charge in [0.25, 0.3) is 0 Å². The predicted molar refractivity (Wildman–Crippen MR) is 288 cm³/mol. The van der Waals surface area contributed by atoms with E-state index in [9.17, 15) is 19.4 Å². The van der Waals surface area contributed by atoms with E-state index < -0.39 is 45.8 Å². The first-order chi connectivity index (χ1) is 33.3. The lowest BCUT2D eigenvalue weighted by Gasteiger charge is -2.20. The largest absolute Gasteiger partial charge is 0.472 e. The van der Waals surface area contributed by atoms with Crippen molar-refractivity contribution in [1.82, 2.24) is 0 Å². The van der Waals surface area contributed by atoms with E-state index >= 15 is 0 Å². The van der Waals surface area contributed by atoms with Crippen LogP contribution >= 0.6 is 7.82 Å². The second-order valence-electron chi connectivity index (χ2n) is 17.1. The number of hydrogen-bond acceptors (Lipinski definition) is 8. The molecule has 0 aliphatic carbocycles. The Labute approximate surface area is 415 Å². The van der Waals surface area contributed by atoms with Crippen LogP contribution < -0.4 is 0 Å². The van der Waals surface area contributed by atoms with Gasteiger partial charge in [0.2, 0.25) is 0 Å².